The van der Waals surface area contributed by atoms with Gasteiger partial charge in [-0.2, -0.15) is 0 Å². The smallest absolute Gasteiger partial charge is 0.337 e. The van der Waals surface area contributed by atoms with Crippen molar-refractivity contribution in [1.29, 1.82) is 0 Å². The van der Waals surface area contributed by atoms with Crippen molar-refractivity contribution >= 4 is 21.7 Å². The molecule has 1 aromatic carbocycles. The molecule has 0 amide bonds. The van der Waals surface area contributed by atoms with E-state index in [1.54, 1.807) is 0 Å². The van der Waals surface area contributed by atoms with Gasteiger partial charge in [0.15, 0.2) is 0 Å². The van der Waals surface area contributed by atoms with E-state index in [9.17, 15) is 18.3 Å². The molecule has 3 N–H and O–H groups in total. The Morgan fingerprint density at radius 1 is 1.47 bits per heavy atom. The van der Waals surface area contributed by atoms with Crippen LogP contribution in [0.5, 0.6) is 0 Å². The Kier molecular flexibility index (Phi) is 3.51. The topological polar surface area (TPSA) is 101 Å². The molecule has 0 spiro atoms. The van der Waals surface area contributed by atoms with Crippen LogP contribution in [0.25, 0.3) is 0 Å². The second-order valence-corrected chi connectivity index (χ2v) is 6.11. The van der Waals surface area contributed by atoms with Crippen molar-refractivity contribution in [3.63, 3.8) is 0 Å². The van der Waals surface area contributed by atoms with Gasteiger partial charge in [0.1, 0.15) is 0 Å². The molecule has 0 aromatic heterocycles. The highest BCUT2D eigenvalue weighted by atomic mass is 32.2. The minimum absolute atomic E-state index is 0.0275. The first kappa shape index (κ1) is 13.8. The van der Waals surface area contributed by atoms with Crippen LogP contribution in [-0.4, -0.2) is 32.1 Å². The fourth-order valence-electron chi connectivity index (χ4n) is 2.13. The number of primary sulfonamides is 1. The van der Waals surface area contributed by atoms with Crippen LogP contribution in [0.15, 0.2) is 23.1 Å². The highest BCUT2D eigenvalue weighted by Crippen LogP contribution is 2.34. The number of nitrogens with zero attached hydrogens (tertiary/aromatic N) is 1. The summed E-state index contributed by atoms with van der Waals surface area (Å²) in [7, 11) is -3.89. The highest BCUT2D eigenvalue weighted by Gasteiger charge is 2.30. The number of hydrogen-bond donors (Lipinski definition) is 2. The Morgan fingerprint density at radius 3 is 2.53 bits per heavy atom. The molecule has 0 bridgehead atoms. The first-order valence-corrected chi connectivity index (χ1v) is 7.56. The van der Waals surface area contributed by atoms with E-state index in [4.69, 9.17) is 5.14 Å². The molecule has 6 nitrogen and oxygen atoms in total. The zero-order valence-corrected chi connectivity index (χ0v) is 11.4. The summed E-state index contributed by atoms with van der Waals surface area (Å²) in [5.74, 6) is -1.15. The van der Waals surface area contributed by atoms with E-state index in [1.807, 2.05) is 11.8 Å². The molecule has 0 saturated heterocycles. The van der Waals surface area contributed by atoms with Crippen LogP contribution < -0.4 is 10.0 Å². The van der Waals surface area contributed by atoms with Gasteiger partial charge in [-0.05, 0) is 38.0 Å². The van der Waals surface area contributed by atoms with Crippen LogP contribution in [0.4, 0.5) is 5.69 Å². The highest BCUT2D eigenvalue weighted by molar-refractivity contribution is 7.89. The van der Waals surface area contributed by atoms with Crippen molar-refractivity contribution < 1.29 is 18.3 Å². The van der Waals surface area contributed by atoms with Crippen molar-refractivity contribution in [1.82, 2.24) is 0 Å². The van der Waals surface area contributed by atoms with E-state index in [1.165, 1.54) is 12.1 Å². The lowest BCUT2D eigenvalue weighted by atomic mass is 10.1. The van der Waals surface area contributed by atoms with Gasteiger partial charge in [-0.15, -0.1) is 0 Å². The average molecular weight is 284 g/mol. The second kappa shape index (κ2) is 4.82. The van der Waals surface area contributed by atoms with Crippen LogP contribution in [0.2, 0.25) is 0 Å². The number of benzene rings is 1. The Bertz CT molecular complexity index is 608. The number of aromatic carboxylic acids is 1. The molecular formula is C12H16N2O4S. The Labute approximate surface area is 111 Å². The largest absolute Gasteiger partial charge is 0.478 e. The minimum Gasteiger partial charge on any atom is -0.478 e. The molecule has 7 heteroatoms. The Balaban J connectivity index is 2.52. The van der Waals surface area contributed by atoms with Gasteiger partial charge in [0.2, 0.25) is 10.0 Å². The number of carboxylic acid groups (broad SMARTS) is 1. The van der Waals surface area contributed by atoms with Gasteiger partial charge < -0.3 is 10.0 Å². The lowest BCUT2D eigenvalue weighted by molar-refractivity contribution is 0.0697. The number of anilines is 1. The maximum Gasteiger partial charge on any atom is 0.337 e. The number of rotatable bonds is 5. The monoisotopic (exact) mass is 284 g/mol. The number of carboxylic acids is 1. The second-order valence-electron chi connectivity index (χ2n) is 4.55. The van der Waals surface area contributed by atoms with E-state index < -0.39 is 16.0 Å². The molecule has 0 aliphatic heterocycles. The maximum atomic E-state index is 11.3. The van der Waals surface area contributed by atoms with Crippen molar-refractivity contribution in [2.45, 2.75) is 30.7 Å². The summed E-state index contributed by atoms with van der Waals surface area (Å²) in [6, 6.07) is 4.34. The van der Waals surface area contributed by atoms with E-state index in [2.05, 4.69) is 0 Å². The van der Waals surface area contributed by atoms with Crippen LogP contribution in [0.3, 0.4) is 0 Å². The van der Waals surface area contributed by atoms with Gasteiger partial charge in [0.05, 0.1) is 16.1 Å². The number of hydrogen-bond acceptors (Lipinski definition) is 4. The lowest BCUT2D eigenvalue weighted by Gasteiger charge is -2.24. The third-order valence-corrected chi connectivity index (χ3v) is 4.08. The molecule has 2 rings (SSSR count). The van der Waals surface area contributed by atoms with Crippen LogP contribution in [0.1, 0.15) is 30.1 Å². The normalized spacial score (nSPS) is 15.3. The van der Waals surface area contributed by atoms with Gasteiger partial charge in [0.25, 0.3) is 0 Å². The van der Waals surface area contributed by atoms with E-state index in [0.29, 0.717) is 18.3 Å². The first-order valence-electron chi connectivity index (χ1n) is 6.01. The third kappa shape index (κ3) is 2.87. The molecular weight excluding hydrogens is 268 g/mol. The van der Waals surface area contributed by atoms with Gasteiger partial charge in [-0.25, -0.2) is 18.4 Å². The summed E-state index contributed by atoms with van der Waals surface area (Å²) < 4.78 is 22.6. The molecule has 0 heterocycles. The summed E-state index contributed by atoms with van der Waals surface area (Å²) in [5.41, 5.74) is 0.519. The molecule has 1 aliphatic carbocycles. The van der Waals surface area contributed by atoms with Gasteiger partial charge in [-0.1, -0.05) is 0 Å². The van der Waals surface area contributed by atoms with Gasteiger partial charge >= 0.3 is 5.97 Å². The quantitative estimate of drug-likeness (QED) is 0.840. The van der Waals surface area contributed by atoms with Crippen LogP contribution in [0, 0.1) is 0 Å². The lowest BCUT2D eigenvalue weighted by Crippen LogP contribution is -2.27. The fourth-order valence-corrected chi connectivity index (χ4v) is 2.67. The summed E-state index contributed by atoms with van der Waals surface area (Å²) >= 11 is 0. The third-order valence-electron chi connectivity index (χ3n) is 3.16. The predicted molar refractivity (Wildman–Crippen MR) is 70.8 cm³/mol. The van der Waals surface area contributed by atoms with E-state index in [0.717, 1.165) is 18.9 Å². The molecule has 1 fully saturated rings. The molecule has 19 heavy (non-hydrogen) atoms. The summed E-state index contributed by atoms with van der Waals surface area (Å²) in [6.07, 6.45) is 2.06. The maximum absolute atomic E-state index is 11.3. The summed E-state index contributed by atoms with van der Waals surface area (Å²) in [5, 5.41) is 14.3. The Hall–Kier alpha value is -1.60. The summed E-state index contributed by atoms with van der Waals surface area (Å²) in [6.45, 7) is 2.62. The van der Waals surface area contributed by atoms with Crippen molar-refractivity contribution in [3.05, 3.63) is 23.8 Å². The average Bonchev–Trinajstić information content (AvgIpc) is 3.13. The van der Waals surface area contributed by atoms with Gasteiger partial charge in [-0.3, -0.25) is 0 Å². The predicted octanol–water partition coefficient (Wildman–Crippen LogP) is 1.02. The molecule has 0 atom stereocenters. The van der Waals surface area contributed by atoms with Crippen LogP contribution >= 0.6 is 0 Å². The minimum atomic E-state index is -3.89. The SMILES string of the molecule is CCN(c1ccc(S(N)(=O)=O)cc1C(=O)O)C1CC1. The van der Waals surface area contributed by atoms with Crippen molar-refractivity contribution in [3.8, 4) is 0 Å². The first-order chi connectivity index (χ1) is 8.84. The fraction of sp³-hybridized carbons (Fsp3) is 0.417. The molecule has 0 unspecified atom stereocenters. The molecule has 1 aliphatic rings. The van der Waals surface area contributed by atoms with Crippen LogP contribution in [-0.2, 0) is 10.0 Å². The number of carbonyl (C=O) groups is 1. The van der Waals surface area contributed by atoms with E-state index in [-0.39, 0.29) is 10.5 Å². The zero-order chi connectivity index (χ0) is 14.2. The van der Waals surface area contributed by atoms with E-state index >= 15 is 0 Å². The summed E-state index contributed by atoms with van der Waals surface area (Å²) in [4.78, 5) is 13.1. The number of nitrogens with two attached hydrogens (primary N) is 1. The zero-order valence-electron chi connectivity index (χ0n) is 10.5. The molecule has 0 radical (unpaired) electrons. The Morgan fingerprint density at radius 2 is 2.11 bits per heavy atom. The van der Waals surface area contributed by atoms with Crippen molar-refractivity contribution in [2.24, 2.45) is 5.14 Å². The number of sulfonamides is 1. The molecule has 1 aromatic rings. The standard InChI is InChI=1S/C12H16N2O4S/c1-2-14(8-3-4-8)11-6-5-9(19(13,17)18)7-10(11)12(15)16/h5-8H,2-4H2,1H3,(H,15,16)(H2,13,17,18). The molecule has 104 valence electrons. The molecule has 1 saturated carbocycles. The van der Waals surface area contributed by atoms with Crippen molar-refractivity contribution in [2.75, 3.05) is 11.4 Å². The van der Waals surface area contributed by atoms with Gasteiger partial charge in [0, 0.05) is 12.6 Å².